The number of nitrogens with one attached hydrogen (secondary N) is 4. The number of imide groups is 1. The Hall–Kier alpha value is -2.49. The summed E-state index contributed by atoms with van der Waals surface area (Å²) in [7, 11) is 0. The van der Waals surface area contributed by atoms with Gasteiger partial charge in [0.05, 0.1) is 12.6 Å². The number of ether oxygens (including phenoxy) is 1. The third-order valence-corrected chi connectivity index (χ3v) is 4.94. The smallest absolute Gasteiger partial charge is 0.407 e. The molecule has 166 valence electrons. The van der Waals surface area contributed by atoms with Gasteiger partial charge in [0.2, 0.25) is 11.8 Å². The second kappa shape index (κ2) is 13.7. The average Bonchev–Trinajstić information content (AvgIpc) is 3.28. The fourth-order valence-corrected chi connectivity index (χ4v) is 3.25. The number of hydrogen-bond acceptors (Lipinski definition) is 7. The summed E-state index contributed by atoms with van der Waals surface area (Å²) in [4.78, 5) is 35.6. The molecule has 0 bridgehead atoms. The van der Waals surface area contributed by atoms with Crippen LogP contribution in [0.3, 0.4) is 0 Å². The van der Waals surface area contributed by atoms with Crippen molar-refractivity contribution in [2.24, 2.45) is 5.73 Å². The van der Waals surface area contributed by atoms with E-state index in [9.17, 15) is 14.4 Å². The minimum absolute atomic E-state index is 0.225. The van der Waals surface area contributed by atoms with E-state index < -0.39 is 18.0 Å². The van der Waals surface area contributed by atoms with Gasteiger partial charge in [-0.15, -0.1) is 0 Å². The van der Waals surface area contributed by atoms with Gasteiger partial charge in [-0.05, 0) is 44.2 Å². The molecule has 0 radical (unpaired) electrons. The van der Waals surface area contributed by atoms with Crippen molar-refractivity contribution < 1.29 is 19.1 Å². The van der Waals surface area contributed by atoms with Gasteiger partial charge in [-0.2, -0.15) is 0 Å². The van der Waals surface area contributed by atoms with Crippen molar-refractivity contribution in [3.8, 4) is 0 Å². The Bertz CT molecular complexity index is 665. The van der Waals surface area contributed by atoms with Crippen molar-refractivity contribution in [3.05, 3.63) is 35.9 Å². The summed E-state index contributed by atoms with van der Waals surface area (Å²) in [5.41, 5.74) is 6.20. The first-order valence-corrected chi connectivity index (χ1v) is 10.5. The van der Waals surface area contributed by atoms with Crippen LogP contribution < -0.4 is 27.0 Å². The Balaban J connectivity index is 1.65. The van der Waals surface area contributed by atoms with Crippen LogP contribution >= 0.6 is 0 Å². The highest BCUT2D eigenvalue weighted by molar-refractivity contribution is 5.98. The van der Waals surface area contributed by atoms with Crippen LogP contribution in [-0.2, 0) is 20.9 Å². The summed E-state index contributed by atoms with van der Waals surface area (Å²) in [6.07, 6.45) is 3.68. The molecule has 0 aromatic heterocycles. The van der Waals surface area contributed by atoms with Gasteiger partial charge in [-0.25, -0.2) is 4.79 Å². The van der Waals surface area contributed by atoms with E-state index in [-0.39, 0.29) is 19.1 Å². The number of carbonyl (C=O) groups excluding carboxylic acids is 3. The van der Waals surface area contributed by atoms with E-state index in [0.717, 1.165) is 24.9 Å². The molecule has 1 unspecified atom stereocenters. The number of hydrogen-bond donors (Lipinski definition) is 5. The molecular weight excluding hydrogens is 386 g/mol. The van der Waals surface area contributed by atoms with Gasteiger partial charge < -0.3 is 26.4 Å². The van der Waals surface area contributed by atoms with Gasteiger partial charge in [0.25, 0.3) is 0 Å². The monoisotopic (exact) mass is 419 g/mol. The Morgan fingerprint density at radius 3 is 2.70 bits per heavy atom. The molecule has 9 nitrogen and oxygen atoms in total. The molecule has 1 aliphatic heterocycles. The van der Waals surface area contributed by atoms with Crippen LogP contribution in [-0.4, -0.2) is 56.2 Å². The Kier molecular flexibility index (Phi) is 10.8. The maximum absolute atomic E-state index is 12.3. The molecule has 1 saturated heterocycles. The molecule has 30 heavy (non-hydrogen) atoms. The van der Waals surface area contributed by atoms with E-state index in [0.29, 0.717) is 38.4 Å². The molecule has 1 aromatic rings. The maximum atomic E-state index is 12.3. The summed E-state index contributed by atoms with van der Waals surface area (Å²) in [6.45, 7) is 2.11. The van der Waals surface area contributed by atoms with Crippen LogP contribution in [0.4, 0.5) is 4.79 Å². The lowest BCUT2D eigenvalue weighted by Gasteiger charge is -2.20. The SMILES string of the molecule is NCC(=O)NC(=O)[C@H](CCCCNC(=O)OCc1ccccc1)NCC1CCCN1. The van der Waals surface area contributed by atoms with Crippen LogP contribution in [0, 0.1) is 0 Å². The molecule has 1 heterocycles. The zero-order valence-electron chi connectivity index (χ0n) is 17.3. The summed E-state index contributed by atoms with van der Waals surface area (Å²) in [6, 6.07) is 9.33. The summed E-state index contributed by atoms with van der Waals surface area (Å²) < 4.78 is 5.16. The fourth-order valence-electron chi connectivity index (χ4n) is 3.25. The quantitative estimate of drug-likeness (QED) is 0.309. The maximum Gasteiger partial charge on any atom is 0.407 e. The molecule has 1 aromatic carbocycles. The Morgan fingerprint density at radius 1 is 1.20 bits per heavy atom. The highest BCUT2D eigenvalue weighted by atomic mass is 16.5. The van der Waals surface area contributed by atoms with E-state index in [1.165, 1.54) is 0 Å². The van der Waals surface area contributed by atoms with Crippen molar-refractivity contribution >= 4 is 17.9 Å². The van der Waals surface area contributed by atoms with Crippen molar-refractivity contribution in [3.63, 3.8) is 0 Å². The second-order valence-corrected chi connectivity index (χ2v) is 7.35. The minimum atomic E-state index is -0.492. The lowest BCUT2D eigenvalue weighted by molar-refractivity contribution is -0.131. The number of carbonyl (C=O) groups is 3. The van der Waals surface area contributed by atoms with E-state index in [1.807, 2.05) is 30.3 Å². The molecule has 3 amide bonds. The van der Waals surface area contributed by atoms with Gasteiger partial charge in [0, 0.05) is 19.1 Å². The highest BCUT2D eigenvalue weighted by Gasteiger charge is 2.22. The standard InChI is InChI=1S/C21H33N5O4/c22-13-19(27)26-20(28)18(25-14-17-9-6-12-23-17)10-4-5-11-24-21(29)30-15-16-7-2-1-3-8-16/h1-3,7-8,17-18,23,25H,4-6,9-15,22H2,(H,24,29)(H,26,27,28)/t17?,18-/m0/s1. The number of nitrogens with two attached hydrogens (primary N) is 1. The summed E-state index contributed by atoms with van der Waals surface area (Å²) in [5.74, 6) is -0.854. The predicted octanol–water partition coefficient (Wildman–Crippen LogP) is 0.395. The van der Waals surface area contributed by atoms with E-state index >= 15 is 0 Å². The molecule has 1 fully saturated rings. The van der Waals surface area contributed by atoms with E-state index in [1.54, 1.807) is 0 Å². The van der Waals surface area contributed by atoms with Crippen molar-refractivity contribution in [1.82, 2.24) is 21.3 Å². The first-order chi connectivity index (χ1) is 14.6. The van der Waals surface area contributed by atoms with Crippen molar-refractivity contribution in [1.29, 1.82) is 0 Å². The molecule has 2 rings (SSSR count). The molecule has 0 saturated carbocycles. The molecule has 0 aliphatic carbocycles. The Labute approximate surface area is 177 Å². The van der Waals surface area contributed by atoms with Gasteiger partial charge in [-0.1, -0.05) is 30.3 Å². The fraction of sp³-hybridized carbons (Fsp3) is 0.571. The molecule has 6 N–H and O–H groups in total. The largest absolute Gasteiger partial charge is 0.445 e. The van der Waals surface area contributed by atoms with Crippen LogP contribution in [0.5, 0.6) is 0 Å². The average molecular weight is 420 g/mol. The Morgan fingerprint density at radius 2 is 2.00 bits per heavy atom. The lowest BCUT2D eigenvalue weighted by atomic mass is 10.1. The first kappa shape index (κ1) is 23.8. The third-order valence-electron chi connectivity index (χ3n) is 4.94. The van der Waals surface area contributed by atoms with Crippen LogP contribution in [0.25, 0.3) is 0 Å². The highest BCUT2D eigenvalue weighted by Crippen LogP contribution is 2.06. The first-order valence-electron chi connectivity index (χ1n) is 10.5. The molecule has 2 atom stereocenters. The number of rotatable bonds is 12. The molecule has 9 heteroatoms. The molecule has 0 spiro atoms. The topological polar surface area (TPSA) is 135 Å². The zero-order valence-corrected chi connectivity index (χ0v) is 17.3. The van der Waals surface area contributed by atoms with Crippen molar-refractivity contribution in [2.45, 2.75) is 50.8 Å². The van der Waals surface area contributed by atoms with Gasteiger partial charge in [0.15, 0.2) is 0 Å². The third kappa shape index (κ3) is 9.34. The zero-order chi connectivity index (χ0) is 21.6. The second-order valence-electron chi connectivity index (χ2n) is 7.35. The van der Waals surface area contributed by atoms with E-state index in [4.69, 9.17) is 10.5 Å². The summed E-state index contributed by atoms with van der Waals surface area (Å²) in [5, 5.41) is 11.7. The summed E-state index contributed by atoms with van der Waals surface area (Å²) >= 11 is 0. The number of alkyl carbamates (subject to hydrolysis) is 1. The molecule has 1 aliphatic rings. The van der Waals surface area contributed by atoms with Crippen LogP contribution in [0.2, 0.25) is 0 Å². The number of amides is 3. The number of benzene rings is 1. The molecular formula is C21H33N5O4. The van der Waals surface area contributed by atoms with Crippen molar-refractivity contribution in [2.75, 3.05) is 26.2 Å². The van der Waals surface area contributed by atoms with Crippen LogP contribution in [0.1, 0.15) is 37.7 Å². The van der Waals surface area contributed by atoms with Gasteiger partial charge in [0.1, 0.15) is 6.61 Å². The normalized spacial score (nSPS) is 16.6. The van der Waals surface area contributed by atoms with Gasteiger partial charge >= 0.3 is 6.09 Å². The van der Waals surface area contributed by atoms with Gasteiger partial charge in [-0.3, -0.25) is 14.9 Å². The minimum Gasteiger partial charge on any atom is -0.445 e. The van der Waals surface area contributed by atoms with Crippen LogP contribution in [0.15, 0.2) is 30.3 Å². The lowest BCUT2D eigenvalue weighted by Crippen LogP contribution is -2.50. The number of unbranched alkanes of at least 4 members (excludes halogenated alkanes) is 1. The van der Waals surface area contributed by atoms with E-state index in [2.05, 4.69) is 21.3 Å². The predicted molar refractivity (Wildman–Crippen MR) is 114 cm³/mol.